The van der Waals surface area contributed by atoms with Crippen LogP contribution in [0.15, 0.2) is 0 Å². The molecule has 0 saturated heterocycles. The van der Waals surface area contributed by atoms with E-state index in [1.165, 1.54) is 141 Å². The van der Waals surface area contributed by atoms with E-state index in [1.807, 2.05) is 0 Å². The van der Waals surface area contributed by atoms with Crippen LogP contribution >= 0.6 is 7.60 Å². The molecule has 0 aliphatic carbocycles. The van der Waals surface area contributed by atoms with Gasteiger partial charge in [0.25, 0.3) is 0 Å². The second kappa shape index (κ2) is 30.3. The standard InChI is InChI=1S/C33H71NO3P.HI/c1-6-9-11-13-15-17-19-21-23-25-27-29-31-36-38(35,33-34(4,5)8-3)37-32-30-28-26-24-22-20-18-16-14-12-10-7-2;/h6-33H2,1-5H3;1H/q+1;/p-1. The van der Waals surface area contributed by atoms with Crippen molar-refractivity contribution in [3.8, 4) is 0 Å². The number of halogens is 1. The maximum Gasteiger partial charge on any atom is 0.384 e. The number of unbranched alkanes of at least 4 members (excludes halogenated alkanes) is 22. The van der Waals surface area contributed by atoms with E-state index in [0.29, 0.717) is 24.0 Å². The van der Waals surface area contributed by atoms with Crippen LogP contribution in [0.3, 0.4) is 0 Å². The summed E-state index contributed by atoms with van der Waals surface area (Å²) in [7, 11) is 1.19. The molecule has 0 radical (unpaired) electrons. The van der Waals surface area contributed by atoms with Crippen LogP contribution in [0.4, 0.5) is 0 Å². The second-order valence-electron chi connectivity index (χ2n) is 12.4. The van der Waals surface area contributed by atoms with Crippen molar-refractivity contribution in [1.29, 1.82) is 0 Å². The molecule has 0 spiro atoms. The number of hydrogen-bond donors (Lipinski definition) is 0. The van der Waals surface area contributed by atoms with Crippen LogP contribution in [0.25, 0.3) is 0 Å². The van der Waals surface area contributed by atoms with E-state index < -0.39 is 7.60 Å². The summed E-state index contributed by atoms with van der Waals surface area (Å²) >= 11 is 0. The van der Waals surface area contributed by atoms with Gasteiger partial charge in [-0.3, -0.25) is 4.57 Å². The van der Waals surface area contributed by atoms with Gasteiger partial charge < -0.3 is 37.5 Å². The predicted octanol–water partition coefficient (Wildman–Crippen LogP) is 8.67. The number of rotatable bonds is 31. The summed E-state index contributed by atoms with van der Waals surface area (Å²) in [5.41, 5.74) is 0. The van der Waals surface area contributed by atoms with Crippen molar-refractivity contribution in [3.05, 3.63) is 0 Å². The van der Waals surface area contributed by atoms with Crippen molar-refractivity contribution in [3.63, 3.8) is 0 Å². The van der Waals surface area contributed by atoms with Gasteiger partial charge in [-0.05, 0) is 19.8 Å². The molecule has 6 heteroatoms. The van der Waals surface area contributed by atoms with Gasteiger partial charge in [-0.15, -0.1) is 0 Å². The first-order valence-corrected chi connectivity index (χ1v) is 18.8. The fourth-order valence-corrected chi connectivity index (χ4v) is 7.17. The Morgan fingerprint density at radius 2 is 0.718 bits per heavy atom. The summed E-state index contributed by atoms with van der Waals surface area (Å²) in [4.78, 5) is 0. The second-order valence-corrected chi connectivity index (χ2v) is 14.5. The van der Waals surface area contributed by atoms with Crippen LogP contribution in [0.5, 0.6) is 0 Å². The predicted molar refractivity (Wildman–Crippen MR) is 169 cm³/mol. The molecule has 238 valence electrons. The lowest BCUT2D eigenvalue weighted by Gasteiger charge is -2.31. The van der Waals surface area contributed by atoms with Crippen molar-refractivity contribution < 1.29 is 42.1 Å². The minimum absolute atomic E-state index is 0. The third-order valence-electron chi connectivity index (χ3n) is 7.98. The number of nitrogens with zero attached hydrogens (tertiary/aromatic N) is 1. The topological polar surface area (TPSA) is 35.5 Å². The van der Waals surface area contributed by atoms with Crippen molar-refractivity contribution >= 4 is 7.60 Å². The Morgan fingerprint density at radius 1 is 0.462 bits per heavy atom. The molecule has 0 aromatic carbocycles. The maximum absolute atomic E-state index is 13.5. The van der Waals surface area contributed by atoms with Gasteiger partial charge >= 0.3 is 7.60 Å². The highest BCUT2D eigenvalue weighted by Crippen LogP contribution is 2.50. The highest BCUT2D eigenvalue weighted by molar-refractivity contribution is 7.53. The van der Waals surface area contributed by atoms with E-state index in [-0.39, 0.29) is 24.0 Å². The zero-order valence-corrected chi connectivity index (χ0v) is 30.3. The van der Waals surface area contributed by atoms with Gasteiger partial charge in [-0.25, -0.2) is 0 Å². The molecule has 0 saturated carbocycles. The average molecular weight is 688 g/mol. The molecule has 0 bridgehead atoms. The van der Waals surface area contributed by atoms with E-state index in [4.69, 9.17) is 9.05 Å². The van der Waals surface area contributed by atoms with Crippen molar-refractivity contribution in [2.75, 3.05) is 40.1 Å². The van der Waals surface area contributed by atoms with E-state index in [0.717, 1.165) is 19.4 Å². The summed E-state index contributed by atoms with van der Waals surface area (Å²) in [5, 5.41) is 0. The fourth-order valence-electron chi connectivity index (χ4n) is 4.98. The zero-order chi connectivity index (χ0) is 28.2. The van der Waals surface area contributed by atoms with Crippen molar-refractivity contribution in [2.45, 2.75) is 175 Å². The van der Waals surface area contributed by atoms with E-state index in [9.17, 15) is 4.57 Å². The summed E-state index contributed by atoms with van der Waals surface area (Å²) in [6.07, 6.45) is 32.2. The monoisotopic (exact) mass is 687 g/mol. The molecule has 0 unspecified atom stereocenters. The highest BCUT2D eigenvalue weighted by Gasteiger charge is 2.33. The molecule has 0 amide bonds. The zero-order valence-electron chi connectivity index (χ0n) is 27.3. The van der Waals surface area contributed by atoms with Crippen molar-refractivity contribution in [1.82, 2.24) is 0 Å². The van der Waals surface area contributed by atoms with E-state index >= 15 is 0 Å². The van der Waals surface area contributed by atoms with Gasteiger partial charge in [-0.1, -0.05) is 155 Å². The summed E-state index contributed by atoms with van der Waals surface area (Å²) in [6, 6.07) is 0. The SMILES string of the molecule is CCCCCCCCCCCCCCOP(=O)(C[N+](C)(C)CC)OCCCCCCCCCCCCCC.[I-]. The maximum atomic E-state index is 13.5. The van der Waals surface area contributed by atoms with Crippen LogP contribution in [-0.2, 0) is 13.6 Å². The molecule has 4 nitrogen and oxygen atoms in total. The van der Waals surface area contributed by atoms with Gasteiger partial charge in [0.2, 0.25) is 0 Å². The van der Waals surface area contributed by atoms with Gasteiger partial charge in [-0.2, -0.15) is 0 Å². The third kappa shape index (κ3) is 30.1. The Morgan fingerprint density at radius 3 is 0.974 bits per heavy atom. The van der Waals surface area contributed by atoms with Gasteiger partial charge in [0.15, 0.2) is 6.29 Å². The lowest BCUT2D eigenvalue weighted by Crippen LogP contribution is -3.00. The summed E-state index contributed by atoms with van der Waals surface area (Å²) in [6.45, 7) is 8.76. The molecule has 0 aromatic rings. The number of quaternary nitrogens is 1. The Hall–Kier alpha value is 0.840. The fraction of sp³-hybridized carbons (Fsp3) is 1.00. The Labute approximate surface area is 263 Å². The highest BCUT2D eigenvalue weighted by atomic mass is 127. The molecule has 0 atom stereocenters. The average Bonchev–Trinajstić information content (AvgIpc) is 2.89. The first-order chi connectivity index (χ1) is 18.4. The lowest BCUT2D eigenvalue weighted by atomic mass is 10.1. The van der Waals surface area contributed by atoms with Crippen LogP contribution in [0.1, 0.15) is 175 Å². The summed E-state index contributed by atoms with van der Waals surface area (Å²) < 4.78 is 26.2. The van der Waals surface area contributed by atoms with Crippen LogP contribution in [0, 0.1) is 0 Å². The summed E-state index contributed by atoms with van der Waals surface area (Å²) in [5.74, 6) is 0. The third-order valence-corrected chi connectivity index (χ3v) is 10.2. The molecule has 39 heavy (non-hydrogen) atoms. The molecule has 0 rings (SSSR count). The van der Waals surface area contributed by atoms with Crippen LogP contribution in [-0.4, -0.2) is 44.6 Å². The largest absolute Gasteiger partial charge is 1.00 e. The Bertz CT molecular complexity index is 499. The smallest absolute Gasteiger partial charge is 0.384 e. The van der Waals surface area contributed by atoms with Crippen molar-refractivity contribution in [2.24, 2.45) is 0 Å². The molecular formula is C33H71INO3P. The van der Waals surface area contributed by atoms with Gasteiger partial charge in [0, 0.05) is 0 Å². The van der Waals surface area contributed by atoms with E-state index in [2.05, 4.69) is 34.9 Å². The van der Waals surface area contributed by atoms with Gasteiger partial charge in [0.05, 0.1) is 33.9 Å². The minimum atomic E-state index is -3.05. The Kier molecular flexibility index (Phi) is 32.6. The normalized spacial score (nSPS) is 12.1. The van der Waals surface area contributed by atoms with Crippen LogP contribution < -0.4 is 24.0 Å². The molecule has 0 fully saturated rings. The first-order valence-electron chi connectivity index (χ1n) is 17.1. The van der Waals surface area contributed by atoms with Gasteiger partial charge in [0.1, 0.15) is 0 Å². The molecule has 0 N–H and O–H groups in total. The minimum Gasteiger partial charge on any atom is -1.00 e. The molecule has 0 aliphatic rings. The first kappa shape index (κ1) is 42.0. The van der Waals surface area contributed by atoms with E-state index in [1.54, 1.807) is 0 Å². The lowest BCUT2D eigenvalue weighted by molar-refractivity contribution is -0.877. The quantitative estimate of drug-likeness (QED) is 0.0317. The Balaban J connectivity index is 0. The molecular weight excluding hydrogens is 616 g/mol. The molecule has 0 aromatic heterocycles. The molecule has 0 aliphatic heterocycles. The molecule has 0 heterocycles. The van der Waals surface area contributed by atoms with Crippen LogP contribution in [0.2, 0.25) is 0 Å². The number of hydrogen-bond acceptors (Lipinski definition) is 3.